The summed E-state index contributed by atoms with van der Waals surface area (Å²) in [6, 6.07) is 2.72. The number of benzene rings is 1. The normalized spacial score (nSPS) is 21.4. The van der Waals surface area contributed by atoms with Crippen LogP contribution in [0.5, 0.6) is 0 Å². The molecule has 1 aromatic rings. The first-order chi connectivity index (χ1) is 9.85. The molecule has 8 heteroatoms. The molecule has 2 unspecified atom stereocenters. The first kappa shape index (κ1) is 15.5. The number of hydrogen-bond donors (Lipinski definition) is 2. The van der Waals surface area contributed by atoms with Crippen LogP contribution in [0.25, 0.3) is 0 Å². The molecule has 114 valence electrons. The fourth-order valence-corrected chi connectivity index (χ4v) is 3.02. The quantitative estimate of drug-likeness (QED) is 0.507. The minimum atomic E-state index is -0.617. The van der Waals surface area contributed by atoms with Gasteiger partial charge in [0.05, 0.1) is 9.95 Å². The van der Waals surface area contributed by atoms with Crippen molar-refractivity contribution >= 4 is 28.9 Å². The molecule has 1 aromatic carbocycles. The van der Waals surface area contributed by atoms with E-state index in [2.05, 4.69) is 12.3 Å². The van der Waals surface area contributed by atoms with Crippen LogP contribution in [-0.2, 0) is 0 Å². The molecule has 1 fully saturated rings. The maximum atomic E-state index is 12.5. The summed E-state index contributed by atoms with van der Waals surface area (Å²) in [7, 11) is 0. The number of nitro groups is 1. The summed E-state index contributed by atoms with van der Waals surface area (Å²) in [5.41, 5.74) is 2.09. The largest absolute Gasteiger partial charge is 0.336 e. The lowest BCUT2D eigenvalue weighted by molar-refractivity contribution is -0.384. The summed E-state index contributed by atoms with van der Waals surface area (Å²) in [6.07, 6.45) is 0.921. The zero-order valence-electron chi connectivity index (χ0n) is 11.8. The molecule has 1 aliphatic rings. The Bertz CT molecular complexity index is 593. The number of hydrogen-bond acceptors (Lipinski definition) is 5. The Kier molecular flexibility index (Phi) is 4.34. The zero-order chi connectivity index (χ0) is 15.7. The van der Waals surface area contributed by atoms with E-state index in [1.807, 2.05) is 6.92 Å². The Balaban J connectivity index is 2.40. The van der Waals surface area contributed by atoms with Crippen LogP contribution in [-0.4, -0.2) is 28.3 Å². The van der Waals surface area contributed by atoms with Gasteiger partial charge in [0.15, 0.2) is 0 Å². The third kappa shape index (κ3) is 2.93. The van der Waals surface area contributed by atoms with Gasteiger partial charge < -0.3 is 10.3 Å². The van der Waals surface area contributed by atoms with Crippen LogP contribution in [0.2, 0.25) is 5.02 Å². The number of halogens is 1. The van der Waals surface area contributed by atoms with Crippen LogP contribution < -0.4 is 11.3 Å². The molecule has 7 nitrogen and oxygen atoms in total. The number of nitro benzene ring substituents is 1. The van der Waals surface area contributed by atoms with Gasteiger partial charge in [-0.1, -0.05) is 18.5 Å². The number of carbonyl (C=O) groups is 1. The van der Waals surface area contributed by atoms with Crippen LogP contribution in [0.1, 0.15) is 30.6 Å². The zero-order valence-corrected chi connectivity index (χ0v) is 12.6. The van der Waals surface area contributed by atoms with Crippen molar-refractivity contribution in [2.45, 2.75) is 26.3 Å². The molecular weight excluding hydrogens is 296 g/mol. The monoisotopic (exact) mass is 312 g/mol. The van der Waals surface area contributed by atoms with Gasteiger partial charge >= 0.3 is 0 Å². The molecule has 0 aliphatic carbocycles. The Morgan fingerprint density at radius 2 is 2.19 bits per heavy atom. The highest BCUT2D eigenvalue weighted by molar-refractivity contribution is 6.34. The topological polar surface area (TPSA) is 102 Å². The summed E-state index contributed by atoms with van der Waals surface area (Å²) in [4.78, 5) is 24.7. The van der Waals surface area contributed by atoms with Crippen LogP contribution in [0.4, 0.5) is 11.4 Å². The molecule has 3 N–H and O–H groups in total. The van der Waals surface area contributed by atoms with Gasteiger partial charge in [0.2, 0.25) is 0 Å². The number of nitrogens with one attached hydrogen (secondary N) is 1. The van der Waals surface area contributed by atoms with E-state index in [1.165, 1.54) is 12.1 Å². The number of rotatable bonds is 3. The Morgan fingerprint density at radius 1 is 1.52 bits per heavy atom. The number of amides is 1. The highest BCUT2D eigenvalue weighted by atomic mass is 35.5. The Morgan fingerprint density at radius 3 is 2.67 bits per heavy atom. The van der Waals surface area contributed by atoms with E-state index in [0.29, 0.717) is 12.5 Å². The Hall–Kier alpha value is -1.86. The predicted molar refractivity (Wildman–Crippen MR) is 80.2 cm³/mol. The number of hydrazine groups is 1. The van der Waals surface area contributed by atoms with Crippen molar-refractivity contribution in [2.75, 3.05) is 12.0 Å². The van der Waals surface area contributed by atoms with Gasteiger partial charge in [0.1, 0.15) is 5.69 Å². The molecule has 0 bridgehead atoms. The second kappa shape index (κ2) is 5.87. The third-order valence-corrected chi connectivity index (χ3v) is 4.00. The number of nitrogen functional groups attached to an aromatic ring is 1. The lowest BCUT2D eigenvalue weighted by Crippen LogP contribution is -2.34. The first-order valence-corrected chi connectivity index (χ1v) is 6.98. The molecule has 1 saturated heterocycles. The standard InChI is InChI=1S/C13H17ClN4O3/c1-7-3-8(2)17(6-7)13(19)9-4-10(14)12(16-15)11(5-9)18(20)21/h4-5,7-8,16H,3,6,15H2,1-2H3. The van der Waals surface area contributed by atoms with Crippen LogP contribution in [0.15, 0.2) is 12.1 Å². The number of nitrogens with zero attached hydrogens (tertiary/aromatic N) is 2. The summed E-state index contributed by atoms with van der Waals surface area (Å²) in [6.45, 7) is 4.68. The van der Waals surface area contributed by atoms with Gasteiger partial charge in [0, 0.05) is 24.2 Å². The van der Waals surface area contributed by atoms with E-state index in [0.717, 1.165) is 6.42 Å². The maximum Gasteiger partial charge on any atom is 0.295 e. The van der Waals surface area contributed by atoms with E-state index in [4.69, 9.17) is 17.4 Å². The number of likely N-dealkylation sites (tertiary alicyclic amines) is 1. The average molecular weight is 313 g/mol. The summed E-state index contributed by atoms with van der Waals surface area (Å²) in [5, 5.41) is 11.1. The van der Waals surface area contributed by atoms with Crippen LogP contribution in [0, 0.1) is 16.0 Å². The van der Waals surface area contributed by atoms with Gasteiger partial charge in [0.25, 0.3) is 11.6 Å². The van der Waals surface area contributed by atoms with E-state index in [-0.39, 0.29) is 33.9 Å². The lowest BCUT2D eigenvalue weighted by Gasteiger charge is -2.21. The van der Waals surface area contributed by atoms with Gasteiger partial charge in [-0.2, -0.15) is 0 Å². The van der Waals surface area contributed by atoms with Crippen LogP contribution >= 0.6 is 11.6 Å². The molecule has 0 radical (unpaired) electrons. The average Bonchev–Trinajstić information content (AvgIpc) is 2.75. The molecule has 0 spiro atoms. The van der Waals surface area contributed by atoms with Gasteiger partial charge in [-0.3, -0.25) is 20.8 Å². The van der Waals surface area contributed by atoms with Crippen molar-refractivity contribution in [3.8, 4) is 0 Å². The second-order valence-electron chi connectivity index (χ2n) is 5.40. The van der Waals surface area contributed by atoms with Crippen molar-refractivity contribution in [1.82, 2.24) is 4.90 Å². The van der Waals surface area contributed by atoms with E-state index < -0.39 is 4.92 Å². The molecular formula is C13H17ClN4O3. The number of carbonyl (C=O) groups excluding carboxylic acids is 1. The van der Waals surface area contributed by atoms with Gasteiger partial charge in [-0.15, -0.1) is 0 Å². The highest BCUT2D eigenvalue weighted by Gasteiger charge is 2.32. The molecule has 0 saturated carbocycles. The van der Waals surface area contributed by atoms with Crippen molar-refractivity contribution in [3.05, 3.63) is 32.8 Å². The van der Waals surface area contributed by atoms with Gasteiger partial charge in [-0.05, 0) is 25.3 Å². The van der Waals surface area contributed by atoms with Crippen molar-refractivity contribution in [2.24, 2.45) is 11.8 Å². The van der Waals surface area contributed by atoms with Crippen LogP contribution in [0.3, 0.4) is 0 Å². The molecule has 21 heavy (non-hydrogen) atoms. The van der Waals surface area contributed by atoms with Crippen molar-refractivity contribution in [1.29, 1.82) is 0 Å². The smallest absolute Gasteiger partial charge is 0.295 e. The maximum absolute atomic E-state index is 12.5. The summed E-state index contributed by atoms with van der Waals surface area (Å²) < 4.78 is 0. The highest BCUT2D eigenvalue weighted by Crippen LogP contribution is 2.34. The molecule has 1 aliphatic heterocycles. The number of anilines is 1. The lowest BCUT2D eigenvalue weighted by atomic mass is 10.1. The fourth-order valence-electron chi connectivity index (χ4n) is 2.75. The summed E-state index contributed by atoms with van der Waals surface area (Å²) in [5.74, 6) is 5.41. The molecule has 2 atom stereocenters. The van der Waals surface area contributed by atoms with E-state index in [9.17, 15) is 14.9 Å². The second-order valence-corrected chi connectivity index (χ2v) is 5.81. The summed E-state index contributed by atoms with van der Waals surface area (Å²) >= 11 is 5.98. The van der Waals surface area contributed by atoms with Gasteiger partial charge in [-0.25, -0.2) is 0 Å². The SMILES string of the molecule is CC1CC(C)N(C(=O)c2cc(Cl)c(NN)c([N+](=O)[O-])c2)C1. The third-order valence-electron chi connectivity index (χ3n) is 3.70. The minimum absolute atomic E-state index is 0.000977. The Labute approximate surface area is 127 Å². The first-order valence-electron chi connectivity index (χ1n) is 6.60. The number of nitrogens with two attached hydrogens (primary N) is 1. The molecule has 2 rings (SSSR count). The molecule has 1 heterocycles. The molecule has 0 aromatic heterocycles. The van der Waals surface area contributed by atoms with Crippen molar-refractivity contribution < 1.29 is 9.72 Å². The van der Waals surface area contributed by atoms with Crippen molar-refractivity contribution in [3.63, 3.8) is 0 Å². The minimum Gasteiger partial charge on any atom is -0.336 e. The predicted octanol–water partition coefficient (Wildman–Crippen LogP) is 2.40. The fraction of sp³-hybridized carbons (Fsp3) is 0.462. The van der Waals surface area contributed by atoms with E-state index in [1.54, 1.807) is 4.90 Å². The van der Waals surface area contributed by atoms with E-state index >= 15 is 0 Å². The molecule has 1 amide bonds.